The lowest BCUT2D eigenvalue weighted by Crippen LogP contribution is -2.50. The predicted octanol–water partition coefficient (Wildman–Crippen LogP) is 1.71. The van der Waals surface area contributed by atoms with E-state index in [0.717, 1.165) is 6.26 Å². The summed E-state index contributed by atoms with van der Waals surface area (Å²) < 4.78 is 35.7. The molecule has 0 radical (unpaired) electrons. The van der Waals surface area contributed by atoms with Gasteiger partial charge in [0.2, 0.25) is 0 Å². The minimum Gasteiger partial charge on any atom is -0.465 e. The number of carbonyl (C=O) groups excluding carboxylic acids is 3. The van der Waals surface area contributed by atoms with Gasteiger partial charge in [0.1, 0.15) is 19.3 Å². The first-order valence-corrected chi connectivity index (χ1v) is 13.2. The van der Waals surface area contributed by atoms with E-state index in [2.05, 4.69) is 0 Å². The van der Waals surface area contributed by atoms with E-state index >= 15 is 0 Å². The minimum absolute atomic E-state index is 0.0797. The van der Waals surface area contributed by atoms with Gasteiger partial charge in [-0.15, -0.1) is 0 Å². The highest BCUT2D eigenvalue weighted by Gasteiger charge is 2.37. The number of benzene rings is 2. The maximum absolute atomic E-state index is 13.1. The Morgan fingerprint density at radius 1 is 1.03 bits per heavy atom. The summed E-state index contributed by atoms with van der Waals surface area (Å²) in [5.41, 5.74) is 0.413. The standard InChI is InChI=1S/C24H25N3O9S/c1-37(33,34)20-13-17(7-8-19(20)21(28)25-9-11-26(12-10-25)23(30)31)27-18(15-36-24(27)32)14-35-22(29)16-5-3-2-4-6-16/h2-8,13,18H,9-12,14-15H2,1H3,(H,30,31)/t18-/m1/s1. The number of amides is 3. The molecule has 1 atom stereocenters. The van der Waals surface area contributed by atoms with Crippen LogP contribution in [0.3, 0.4) is 0 Å². The van der Waals surface area contributed by atoms with Crippen molar-refractivity contribution in [3.63, 3.8) is 0 Å². The van der Waals surface area contributed by atoms with Gasteiger partial charge in [-0.1, -0.05) is 18.2 Å². The first-order valence-electron chi connectivity index (χ1n) is 11.4. The molecule has 2 heterocycles. The van der Waals surface area contributed by atoms with Crippen molar-refractivity contribution in [3.05, 3.63) is 59.7 Å². The monoisotopic (exact) mass is 531 g/mol. The largest absolute Gasteiger partial charge is 0.465 e. The second-order valence-corrected chi connectivity index (χ2v) is 10.6. The van der Waals surface area contributed by atoms with Gasteiger partial charge in [0.15, 0.2) is 9.84 Å². The van der Waals surface area contributed by atoms with Crippen molar-refractivity contribution < 1.29 is 42.2 Å². The van der Waals surface area contributed by atoms with E-state index < -0.39 is 39.9 Å². The van der Waals surface area contributed by atoms with Crippen molar-refractivity contribution in [2.45, 2.75) is 10.9 Å². The number of esters is 1. The van der Waals surface area contributed by atoms with Crippen LogP contribution >= 0.6 is 0 Å². The van der Waals surface area contributed by atoms with Gasteiger partial charge in [-0.05, 0) is 30.3 Å². The fourth-order valence-corrected chi connectivity index (χ4v) is 5.03. The van der Waals surface area contributed by atoms with Crippen molar-refractivity contribution >= 4 is 39.6 Å². The van der Waals surface area contributed by atoms with E-state index in [1.807, 2.05) is 0 Å². The molecule has 0 spiro atoms. The van der Waals surface area contributed by atoms with Gasteiger partial charge in [-0.2, -0.15) is 0 Å². The molecule has 0 unspecified atom stereocenters. The number of nitrogens with zero attached hydrogens (tertiary/aromatic N) is 3. The Kier molecular flexibility index (Phi) is 7.34. The summed E-state index contributed by atoms with van der Waals surface area (Å²) in [5.74, 6) is -1.14. The van der Waals surface area contributed by atoms with Gasteiger partial charge < -0.3 is 24.4 Å². The van der Waals surface area contributed by atoms with Crippen LogP contribution < -0.4 is 4.90 Å². The Bertz CT molecular complexity index is 1320. The Labute approximate surface area is 212 Å². The number of ether oxygens (including phenoxy) is 2. The van der Waals surface area contributed by atoms with Crippen LogP contribution in [0.1, 0.15) is 20.7 Å². The Balaban J connectivity index is 1.55. The van der Waals surface area contributed by atoms with E-state index in [9.17, 15) is 27.6 Å². The first-order chi connectivity index (χ1) is 17.6. The smallest absolute Gasteiger partial charge is 0.414 e. The molecule has 2 fully saturated rings. The molecule has 2 saturated heterocycles. The zero-order valence-corrected chi connectivity index (χ0v) is 20.7. The average molecular weight is 532 g/mol. The third-order valence-corrected chi connectivity index (χ3v) is 7.22. The molecule has 0 saturated carbocycles. The minimum atomic E-state index is -3.91. The second kappa shape index (κ2) is 10.5. The lowest BCUT2D eigenvalue weighted by molar-refractivity contribution is 0.0475. The van der Waals surface area contributed by atoms with Crippen LogP contribution in [-0.4, -0.2) is 99.1 Å². The molecule has 0 bridgehead atoms. The van der Waals surface area contributed by atoms with Crippen LogP contribution in [-0.2, 0) is 19.3 Å². The Morgan fingerprint density at radius 3 is 2.30 bits per heavy atom. The molecule has 2 aliphatic heterocycles. The number of carbonyl (C=O) groups is 4. The van der Waals surface area contributed by atoms with E-state index in [4.69, 9.17) is 14.6 Å². The number of piperazine rings is 1. The average Bonchev–Trinajstić information content (AvgIpc) is 3.26. The number of rotatable bonds is 6. The van der Waals surface area contributed by atoms with Gasteiger partial charge in [0, 0.05) is 38.1 Å². The molecular formula is C24H25N3O9S. The lowest BCUT2D eigenvalue weighted by atomic mass is 10.1. The molecule has 2 aromatic rings. The van der Waals surface area contributed by atoms with Crippen molar-refractivity contribution in [3.8, 4) is 0 Å². The van der Waals surface area contributed by atoms with Gasteiger partial charge >= 0.3 is 18.2 Å². The van der Waals surface area contributed by atoms with Crippen LogP contribution in [0.5, 0.6) is 0 Å². The maximum atomic E-state index is 13.1. The zero-order chi connectivity index (χ0) is 26.7. The highest BCUT2D eigenvalue weighted by atomic mass is 32.2. The normalized spacial score (nSPS) is 17.9. The molecule has 0 aromatic heterocycles. The quantitative estimate of drug-likeness (QED) is 0.549. The van der Waals surface area contributed by atoms with Gasteiger partial charge in [0.25, 0.3) is 5.91 Å². The summed E-state index contributed by atoms with van der Waals surface area (Å²) in [6.07, 6.45) is -0.883. The van der Waals surface area contributed by atoms with Crippen molar-refractivity contribution in [2.75, 3.05) is 50.5 Å². The molecule has 1 N–H and O–H groups in total. The summed E-state index contributed by atoms with van der Waals surface area (Å²) in [5, 5.41) is 9.11. The molecule has 13 heteroatoms. The van der Waals surface area contributed by atoms with Gasteiger partial charge in [-0.25, -0.2) is 22.8 Å². The third kappa shape index (κ3) is 5.66. The maximum Gasteiger partial charge on any atom is 0.414 e. The van der Waals surface area contributed by atoms with Crippen LogP contribution in [0.25, 0.3) is 0 Å². The van der Waals surface area contributed by atoms with Crippen LogP contribution in [0.4, 0.5) is 15.3 Å². The molecule has 3 amide bonds. The van der Waals surface area contributed by atoms with Crippen LogP contribution in [0, 0.1) is 0 Å². The molecule has 2 aromatic carbocycles. The Morgan fingerprint density at radius 2 is 1.68 bits per heavy atom. The van der Waals surface area contributed by atoms with Gasteiger partial charge in [-0.3, -0.25) is 9.69 Å². The molecule has 2 aliphatic rings. The fraction of sp³-hybridized carbons (Fsp3) is 0.333. The summed E-state index contributed by atoms with van der Waals surface area (Å²) >= 11 is 0. The molecule has 12 nitrogen and oxygen atoms in total. The number of hydrogen-bond acceptors (Lipinski definition) is 8. The lowest BCUT2D eigenvalue weighted by Gasteiger charge is -2.33. The number of cyclic esters (lactones) is 1. The molecular weight excluding hydrogens is 506 g/mol. The number of anilines is 1. The number of carboxylic acid groups (broad SMARTS) is 1. The van der Waals surface area contributed by atoms with Crippen molar-refractivity contribution in [1.82, 2.24) is 9.80 Å². The summed E-state index contributed by atoms with van der Waals surface area (Å²) in [6, 6.07) is 11.6. The highest BCUT2D eigenvalue weighted by Crippen LogP contribution is 2.29. The SMILES string of the molecule is CS(=O)(=O)c1cc(N2C(=O)OC[C@H]2COC(=O)c2ccccc2)ccc1C(=O)N1CCN(C(=O)O)CC1. The van der Waals surface area contributed by atoms with Crippen LogP contribution in [0.2, 0.25) is 0 Å². The fourth-order valence-electron chi connectivity index (χ4n) is 4.14. The molecule has 4 rings (SSSR count). The second-order valence-electron chi connectivity index (χ2n) is 8.58. The van der Waals surface area contributed by atoms with E-state index in [0.29, 0.717) is 5.56 Å². The first kappa shape index (κ1) is 25.9. The van der Waals surface area contributed by atoms with Crippen LogP contribution in [0.15, 0.2) is 53.4 Å². The topological polar surface area (TPSA) is 151 Å². The molecule has 196 valence electrons. The zero-order valence-electron chi connectivity index (χ0n) is 19.9. The number of hydrogen-bond donors (Lipinski definition) is 1. The highest BCUT2D eigenvalue weighted by molar-refractivity contribution is 7.90. The predicted molar refractivity (Wildman–Crippen MR) is 129 cm³/mol. The number of sulfone groups is 1. The summed E-state index contributed by atoms with van der Waals surface area (Å²) in [4.78, 5) is 52.6. The van der Waals surface area contributed by atoms with Crippen molar-refractivity contribution in [2.24, 2.45) is 0 Å². The molecule has 0 aliphatic carbocycles. The third-order valence-electron chi connectivity index (χ3n) is 6.09. The molecule has 37 heavy (non-hydrogen) atoms. The van der Waals surface area contributed by atoms with Gasteiger partial charge in [0.05, 0.1) is 16.0 Å². The van der Waals surface area contributed by atoms with E-state index in [1.54, 1.807) is 30.3 Å². The van der Waals surface area contributed by atoms with E-state index in [-0.39, 0.29) is 55.5 Å². The Hall–Kier alpha value is -4.13. The van der Waals surface area contributed by atoms with E-state index in [1.165, 1.54) is 32.9 Å². The van der Waals surface area contributed by atoms with Crippen molar-refractivity contribution in [1.29, 1.82) is 0 Å². The summed E-state index contributed by atoms with van der Waals surface area (Å²) in [6.45, 7) is 0.172. The summed E-state index contributed by atoms with van der Waals surface area (Å²) in [7, 11) is -3.91.